The van der Waals surface area contributed by atoms with Crippen molar-refractivity contribution in [3.8, 4) is 0 Å². The van der Waals surface area contributed by atoms with Gasteiger partial charge in [0.2, 0.25) is 5.91 Å². The zero-order valence-electron chi connectivity index (χ0n) is 18.8. The first-order valence-corrected chi connectivity index (χ1v) is 11.3. The van der Waals surface area contributed by atoms with E-state index in [9.17, 15) is 9.18 Å². The number of hydrogen-bond donors (Lipinski definition) is 4. The summed E-state index contributed by atoms with van der Waals surface area (Å²) in [6.45, 7) is 4.00. The largest absolute Gasteiger partial charge is 0.361 e. The van der Waals surface area contributed by atoms with Gasteiger partial charge in [-0.2, -0.15) is 0 Å². The first-order valence-electron chi connectivity index (χ1n) is 11.3. The van der Waals surface area contributed by atoms with Crippen LogP contribution in [0.1, 0.15) is 37.3 Å². The standard InChI is InChI=1S/C25H30FN5O.HI/c1-2-27-25(28-12-11-19-16-29-23-14-20(26)9-10-22(19)23)30-15-17-5-3-8-21(13-17)31-24(32)18-6-4-7-18;/h3,5,8-10,13-14,16,18,29H,2,4,6-7,11-12,15H2,1H3,(H,31,32)(H2,27,28,30);1H. The lowest BCUT2D eigenvalue weighted by Crippen LogP contribution is -2.38. The highest BCUT2D eigenvalue weighted by molar-refractivity contribution is 14.0. The number of benzene rings is 2. The maximum Gasteiger partial charge on any atom is 0.227 e. The van der Waals surface area contributed by atoms with E-state index in [0.29, 0.717) is 13.1 Å². The molecule has 4 N–H and O–H groups in total. The van der Waals surface area contributed by atoms with Gasteiger partial charge < -0.3 is 20.9 Å². The van der Waals surface area contributed by atoms with Crippen LogP contribution in [0.4, 0.5) is 10.1 Å². The summed E-state index contributed by atoms with van der Waals surface area (Å²) in [5.41, 5.74) is 3.80. The summed E-state index contributed by atoms with van der Waals surface area (Å²) >= 11 is 0. The van der Waals surface area contributed by atoms with Gasteiger partial charge in [0, 0.05) is 41.8 Å². The number of rotatable bonds is 8. The Balaban J connectivity index is 0.00000306. The molecule has 1 saturated carbocycles. The van der Waals surface area contributed by atoms with Gasteiger partial charge in [-0.15, -0.1) is 24.0 Å². The molecule has 33 heavy (non-hydrogen) atoms. The maximum atomic E-state index is 13.4. The summed E-state index contributed by atoms with van der Waals surface area (Å²) in [6, 6.07) is 12.7. The lowest BCUT2D eigenvalue weighted by atomic mass is 9.85. The molecule has 0 radical (unpaired) electrons. The van der Waals surface area contributed by atoms with Gasteiger partial charge in [-0.1, -0.05) is 18.6 Å². The van der Waals surface area contributed by atoms with E-state index in [-0.39, 0.29) is 41.6 Å². The van der Waals surface area contributed by atoms with Gasteiger partial charge in [0.25, 0.3) is 0 Å². The number of anilines is 1. The fraction of sp³-hybridized carbons (Fsp3) is 0.360. The van der Waals surface area contributed by atoms with Crippen LogP contribution in [0.25, 0.3) is 10.9 Å². The molecule has 1 aliphatic rings. The van der Waals surface area contributed by atoms with E-state index in [0.717, 1.165) is 65.9 Å². The molecule has 0 spiro atoms. The number of halogens is 2. The Kier molecular flexibility index (Phi) is 9.11. The first kappa shape index (κ1) is 25.0. The minimum Gasteiger partial charge on any atom is -0.361 e. The van der Waals surface area contributed by atoms with Gasteiger partial charge in [-0.3, -0.25) is 4.79 Å². The van der Waals surface area contributed by atoms with Crippen LogP contribution in [0.15, 0.2) is 53.7 Å². The molecule has 1 fully saturated rings. The summed E-state index contributed by atoms with van der Waals surface area (Å²) in [7, 11) is 0. The van der Waals surface area contributed by atoms with Crippen molar-refractivity contribution in [2.24, 2.45) is 10.9 Å². The third-order valence-electron chi connectivity index (χ3n) is 5.85. The lowest BCUT2D eigenvalue weighted by Gasteiger charge is -2.24. The predicted octanol–water partition coefficient (Wildman–Crippen LogP) is 4.96. The fourth-order valence-corrected chi connectivity index (χ4v) is 3.86. The maximum absolute atomic E-state index is 13.4. The number of nitrogens with one attached hydrogen (secondary N) is 4. The number of amides is 1. The van der Waals surface area contributed by atoms with Crippen LogP contribution in [0.5, 0.6) is 0 Å². The third-order valence-corrected chi connectivity index (χ3v) is 5.85. The molecule has 1 heterocycles. The summed E-state index contributed by atoms with van der Waals surface area (Å²) in [6.07, 6.45) is 5.84. The van der Waals surface area contributed by atoms with Gasteiger partial charge in [0.1, 0.15) is 5.82 Å². The third kappa shape index (κ3) is 6.69. The number of fused-ring (bicyclic) bond motifs is 1. The molecule has 1 aromatic heterocycles. The van der Waals surface area contributed by atoms with Crippen molar-refractivity contribution in [2.75, 3.05) is 18.4 Å². The molecule has 3 aromatic rings. The normalized spacial score (nSPS) is 13.8. The van der Waals surface area contributed by atoms with Gasteiger partial charge in [-0.25, -0.2) is 9.38 Å². The Bertz CT molecular complexity index is 1110. The van der Waals surface area contributed by atoms with Crippen LogP contribution < -0.4 is 16.0 Å². The number of aromatic nitrogens is 1. The highest BCUT2D eigenvalue weighted by atomic mass is 127. The van der Waals surface area contributed by atoms with Crippen LogP contribution in [0, 0.1) is 11.7 Å². The Morgan fingerprint density at radius 2 is 2.03 bits per heavy atom. The second-order valence-electron chi connectivity index (χ2n) is 8.19. The molecule has 1 aliphatic carbocycles. The van der Waals surface area contributed by atoms with E-state index in [4.69, 9.17) is 0 Å². The number of nitrogens with zero attached hydrogens (tertiary/aromatic N) is 1. The van der Waals surface area contributed by atoms with Crippen molar-refractivity contribution < 1.29 is 9.18 Å². The molecule has 6 nitrogen and oxygen atoms in total. The Morgan fingerprint density at radius 3 is 2.79 bits per heavy atom. The zero-order chi connectivity index (χ0) is 22.3. The Hall–Kier alpha value is -2.62. The van der Waals surface area contributed by atoms with Gasteiger partial charge in [0.15, 0.2) is 5.96 Å². The smallest absolute Gasteiger partial charge is 0.227 e. The SMILES string of the molecule is CCNC(=NCc1cccc(NC(=O)C2CCC2)c1)NCCc1c[nH]c2cc(F)ccc12.I. The van der Waals surface area contributed by atoms with Crippen molar-refractivity contribution in [1.82, 2.24) is 15.6 Å². The highest BCUT2D eigenvalue weighted by Crippen LogP contribution is 2.27. The zero-order valence-corrected chi connectivity index (χ0v) is 21.1. The molecule has 1 amide bonds. The number of aromatic amines is 1. The number of carbonyl (C=O) groups is 1. The molecule has 0 atom stereocenters. The van der Waals surface area contributed by atoms with Crippen LogP contribution in [-0.4, -0.2) is 29.9 Å². The number of aliphatic imine (C=N–C) groups is 1. The van der Waals surface area contributed by atoms with Crippen molar-refractivity contribution in [3.63, 3.8) is 0 Å². The highest BCUT2D eigenvalue weighted by Gasteiger charge is 2.25. The van der Waals surface area contributed by atoms with Crippen LogP contribution in [0.3, 0.4) is 0 Å². The number of H-pyrrole nitrogens is 1. The lowest BCUT2D eigenvalue weighted by molar-refractivity contribution is -0.122. The number of hydrogen-bond acceptors (Lipinski definition) is 2. The molecule has 0 saturated heterocycles. The van der Waals surface area contributed by atoms with Gasteiger partial charge in [-0.05, 0) is 67.6 Å². The van der Waals surface area contributed by atoms with Gasteiger partial charge in [0.05, 0.1) is 6.54 Å². The molecule has 176 valence electrons. The molecule has 0 bridgehead atoms. The molecular formula is C25H31FIN5O. The quantitative estimate of drug-likeness (QED) is 0.178. The van der Waals surface area contributed by atoms with Gasteiger partial charge >= 0.3 is 0 Å². The van der Waals surface area contributed by atoms with E-state index >= 15 is 0 Å². The number of carbonyl (C=O) groups excluding carboxylic acids is 1. The first-order chi connectivity index (χ1) is 15.6. The van der Waals surface area contributed by atoms with E-state index in [1.807, 2.05) is 43.5 Å². The summed E-state index contributed by atoms with van der Waals surface area (Å²) in [5, 5.41) is 10.7. The summed E-state index contributed by atoms with van der Waals surface area (Å²) < 4.78 is 13.4. The predicted molar refractivity (Wildman–Crippen MR) is 143 cm³/mol. The topological polar surface area (TPSA) is 81.3 Å². The van der Waals surface area contributed by atoms with Crippen LogP contribution in [-0.2, 0) is 17.8 Å². The molecule has 0 unspecified atom stereocenters. The average molecular weight is 563 g/mol. The molecule has 4 rings (SSSR count). The second-order valence-corrected chi connectivity index (χ2v) is 8.19. The molecule has 2 aromatic carbocycles. The minimum absolute atomic E-state index is 0. The second kappa shape index (κ2) is 12.0. The van der Waals surface area contributed by atoms with E-state index in [1.165, 1.54) is 12.1 Å². The van der Waals surface area contributed by atoms with Crippen molar-refractivity contribution in [1.29, 1.82) is 0 Å². The monoisotopic (exact) mass is 563 g/mol. The van der Waals surface area contributed by atoms with Crippen molar-refractivity contribution in [2.45, 2.75) is 39.2 Å². The molecular weight excluding hydrogens is 532 g/mol. The Morgan fingerprint density at radius 1 is 1.18 bits per heavy atom. The van der Waals surface area contributed by atoms with Crippen LogP contribution >= 0.6 is 24.0 Å². The molecule has 0 aliphatic heterocycles. The average Bonchev–Trinajstić information content (AvgIpc) is 3.13. The fourth-order valence-electron chi connectivity index (χ4n) is 3.86. The summed E-state index contributed by atoms with van der Waals surface area (Å²) in [4.78, 5) is 20.0. The van der Waals surface area contributed by atoms with Crippen molar-refractivity contribution >= 4 is 52.4 Å². The Labute approximate surface area is 210 Å². The van der Waals surface area contributed by atoms with E-state index in [1.54, 1.807) is 0 Å². The van der Waals surface area contributed by atoms with E-state index < -0.39 is 0 Å². The van der Waals surface area contributed by atoms with E-state index in [2.05, 4.69) is 25.9 Å². The molecule has 8 heteroatoms. The van der Waals surface area contributed by atoms with Crippen molar-refractivity contribution in [3.05, 3.63) is 65.6 Å². The minimum atomic E-state index is -0.239. The van der Waals surface area contributed by atoms with Crippen LogP contribution in [0.2, 0.25) is 0 Å². The summed E-state index contributed by atoms with van der Waals surface area (Å²) in [5.74, 6) is 0.781. The number of guanidine groups is 1.